The second kappa shape index (κ2) is 4.93. The van der Waals surface area contributed by atoms with Crippen molar-refractivity contribution in [2.24, 2.45) is 0 Å². The van der Waals surface area contributed by atoms with Crippen LogP contribution < -0.4 is 4.74 Å². The lowest BCUT2D eigenvalue weighted by molar-refractivity contribution is 0.464. The van der Waals surface area contributed by atoms with Crippen LogP contribution in [0, 0.1) is 3.57 Å². The first-order valence-electron chi connectivity index (χ1n) is 4.57. The van der Waals surface area contributed by atoms with Gasteiger partial charge in [0.1, 0.15) is 17.2 Å². The van der Waals surface area contributed by atoms with Gasteiger partial charge in [0, 0.05) is 3.57 Å². The third kappa shape index (κ3) is 2.80. The summed E-state index contributed by atoms with van der Waals surface area (Å²) in [7, 11) is 0. The highest BCUT2D eigenvalue weighted by Crippen LogP contribution is 2.31. The van der Waals surface area contributed by atoms with Crippen molar-refractivity contribution in [1.29, 1.82) is 0 Å². The molecule has 0 aliphatic heterocycles. The Morgan fingerprint density at radius 3 is 2.38 bits per heavy atom. The van der Waals surface area contributed by atoms with Crippen molar-refractivity contribution >= 4 is 34.2 Å². The van der Waals surface area contributed by atoms with Crippen LogP contribution in [0.5, 0.6) is 17.2 Å². The van der Waals surface area contributed by atoms with Gasteiger partial charge in [-0.05, 0) is 65.1 Å². The van der Waals surface area contributed by atoms with Gasteiger partial charge < -0.3 is 9.84 Å². The second-order valence-corrected chi connectivity index (χ2v) is 4.82. The molecule has 0 aromatic heterocycles. The smallest absolute Gasteiger partial charge is 0.146 e. The summed E-state index contributed by atoms with van der Waals surface area (Å²) in [5.41, 5.74) is 0. The quantitative estimate of drug-likeness (QED) is 0.815. The monoisotopic (exact) mass is 346 g/mol. The predicted molar refractivity (Wildman–Crippen MR) is 72.3 cm³/mol. The molecule has 0 saturated carbocycles. The highest BCUT2D eigenvalue weighted by Gasteiger charge is 2.03. The molecule has 2 rings (SSSR count). The van der Waals surface area contributed by atoms with Crippen LogP contribution in [0.4, 0.5) is 0 Å². The molecule has 0 aliphatic carbocycles. The molecule has 1 N–H and O–H groups in total. The topological polar surface area (TPSA) is 29.5 Å². The maximum absolute atomic E-state index is 9.13. The normalized spacial score (nSPS) is 10.1. The summed E-state index contributed by atoms with van der Waals surface area (Å²) in [6, 6.07) is 12.1. The molecule has 0 fully saturated rings. The molecule has 0 aliphatic rings. The van der Waals surface area contributed by atoms with Crippen molar-refractivity contribution in [3.05, 3.63) is 51.1 Å². The number of phenols is 1. The van der Waals surface area contributed by atoms with E-state index in [0.717, 1.165) is 3.57 Å². The molecule has 2 nitrogen and oxygen atoms in total. The number of ether oxygens (including phenoxy) is 1. The van der Waals surface area contributed by atoms with E-state index in [9.17, 15) is 0 Å². The van der Waals surface area contributed by atoms with Crippen molar-refractivity contribution in [2.45, 2.75) is 0 Å². The zero-order chi connectivity index (χ0) is 11.5. The van der Waals surface area contributed by atoms with Crippen LogP contribution in [0.1, 0.15) is 0 Å². The number of aromatic hydroxyl groups is 1. The Hall–Kier alpha value is -0.940. The average Bonchev–Trinajstić information content (AvgIpc) is 2.25. The van der Waals surface area contributed by atoms with Gasteiger partial charge in [-0.1, -0.05) is 11.6 Å². The van der Waals surface area contributed by atoms with Crippen LogP contribution in [0.15, 0.2) is 42.5 Å². The SMILES string of the molecule is Oc1ccc(Oc2ccc(I)cc2Cl)cc1. The van der Waals surface area contributed by atoms with Crippen molar-refractivity contribution in [1.82, 2.24) is 0 Å². The van der Waals surface area contributed by atoms with Crippen LogP contribution in [-0.2, 0) is 0 Å². The van der Waals surface area contributed by atoms with E-state index in [-0.39, 0.29) is 5.75 Å². The van der Waals surface area contributed by atoms with Gasteiger partial charge in [-0.25, -0.2) is 0 Å². The van der Waals surface area contributed by atoms with E-state index in [0.29, 0.717) is 16.5 Å². The minimum Gasteiger partial charge on any atom is -0.508 e. The van der Waals surface area contributed by atoms with Crippen LogP contribution in [0.3, 0.4) is 0 Å². The van der Waals surface area contributed by atoms with Gasteiger partial charge in [0.15, 0.2) is 0 Å². The van der Waals surface area contributed by atoms with E-state index >= 15 is 0 Å². The first-order valence-corrected chi connectivity index (χ1v) is 6.03. The minimum atomic E-state index is 0.209. The largest absolute Gasteiger partial charge is 0.508 e. The third-order valence-corrected chi connectivity index (χ3v) is 2.92. The van der Waals surface area contributed by atoms with Gasteiger partial charge >= 0.3 is 0 Å². The summed E-state index contributed by atoms with van der Waals surface area (Å²) in [5, 5.41) is 9.70. The van der Waals surface area contributed by atoms with Gasteiger partial charge in [0.05, 0.1) is 5.02 Å². The zero-order valence-electron chi connectivity index (χ0n) is 8.15. The Morgan fingerprint density at radius 1 is 1.06 bits per heavy atom. The Kier molecular flexibility index (Phi) is 3.56. The molecule has 0 amide bonds. The summed E-state index contributed by atoms with van der Waals surface area (Å²) >= 11 is 8.22. The lowest BCUT2D eigenvalue weighted by atomic mass is 10.3. The van der Waals surface area contributed by atoms with E-state index in [1.165, 1.54) is 0 Å². The Labute approximate surface area is 112 Å². The molecule has 82 valence electrons. The molecular formula is C12H8ClIO2. The second-order valence-electron chi connectivity index (χ2n) is 3.17. The number of halogens is 2. The van der Waals surface area contributed by atoms with E-state index in [1.54, 1.807) is 24.3 Å². The molecule has 0 unspecified atom stereocenters. The third-order valence-electron chi connectivity index (χ3n) is 1.96. The lowest BCUT2D eigenvalue weighted by Gasteiger charge is -2.07. The van der Waals surface area contributed by atoms with Gasteiger partial charge in [-0.3, -0.25) is 0 Å². The summed E-state index contributed by atoms with van der Waals surface area (Å²) in [5.74, 6) is 1.45. The van der Waals surface area contributed by atoms with Crippen LogP contribution in [-0.4, -0.2) is 5.11 Å². The molecule has 0 atom stereocenters. The van der Waals surface area contributed by atoms with E-state index in [4.69, 9.17) is 21.4 Å². The first-order chi connectivity index (χ1) is 7.65. The Bertz CT molecular complexity index is 497. The average molecular weight is 347 g/mol. The summed E-state index contributed by atoms with van der Waals surface area (Å²) in [4.78, 5) is 0. The predicted octanol–water partition coefficient (Wildman–Crippen LogP) is 4.44. The molecular weight excluding hydrogens is 338 g/mol. The van der Waals surface area contributed by atoms with E-state index in [2.05, 4.69) is 22.6 Å². The highest BCUT2D eigenvalue weighted by atomic mass is 127. The molecule has 4 heteroatoms. The van der Waals surface area contributed by atoms with Crippen molar-refractivity contribution < 1.29 is 9.84 Å². The van der Waals surface area contributed by atoms with E-state index in [1.807, 2.05) is 18.2 Å². The molecule has 0 bridgehead atoms. The van der Waals surface area contributed by atoms with Crippen molar-refractivity contribution in [3.8, 4) is 17.2 Å². The molecule has 0 radical (unpaired) electrons. The number of rotatable bonds is 2. The van der Waals surface area contributed by atoms with Crippen LogP contribution in [0.25, 0.3) is 0 Å². The number of phenolic OH excluding ortho intramolecular Hbond substituents is 1. The maximum Gasteiger partial charge on any atom is 0.146 e. The van der Waals surface area contributed by atoms with Crippen molar-refractivity contribution in [2.75, 3.05) is 0 Å². The fourth-order valence-electron chi connectivity index (χ4n) is 1.20. The number of hydrogen-bond acceptors (Lipinski definition) is 2. The fourth-order valence-corrected chi connectivity index (χ4v) is 2.09. The minimum absolute atomic E-state index is 0.209. The van der Waals surface area contributed by atoms with E-state index < -0.39 is 0 Å². The molecule has 0 saturated heterocycles. The fraction of sp³-hybridized carbons (Fsp3) is 0. The zero-order valence-corrected chi connectivity index (χ0v) is 11.1. The number of benzene rings is 2. The molecule has 0 heterocycles. The molecule has 16 heavy (non-hydrogen) atoms. The van der Waals surface area contributed by atoms with Gasteiger partial charge in [-0.2, -0.15) is 0 Å². The van der Waals surface area contributed by atoms with Gasteiger partial charge in [0.2, 0.25) is 0 Å². The maximum atomic E-state index is 9.13. The molecule has 0 spiro atoms. The van der Waals surface area contributed by atoms with Crippen molar-refractivity contribution in [3.63, 3.8) is 0 Å². The summed E-state index contributed by atoms with van der Waals surface area (Å²) in [6.07, 6.45) is 0. The highest BCUT2D eigenvalue weighted by molar-refractivity contribution is 14.1. The Morgan fingerprint density at radius 2 is 1.75 bits per heavy atom. The van der Waals surface area contributed by atoms with Gasteiger partial charge in [-0.15, -0.1) is 0 Å². The molecule has 2 aromatic carbocycles. The lowest BCUT2D eigenvalue weighted by Crippen LogP contribution is -1.85. The standard InChI is InChI=1S/C12H8ClIO2/c13-11-7-8(14)1-6-12(11)16-10-4-2-9(15)3-5-10/h1-7,15H. The molecule has 2 aromatic rings. The Balaban J connectivity index is 2.23. The number of hydrogen-bond donors (Lipinski definition) is 1. The first kappa shape index (κ1) is 11.5. The summed E-state index contributed by atoms with van der Waals surface area (Å²) < 4.78 is 6.63. The van der Waals surface area contributed by atoms with Crippen LogP contribution >= 0.6 is 34.2 Å². The summed E-state index contributed by atoms with van der Waals surface area (Å²) in [6.45, 7) is 0. The van der Waals surface area contributed by atoms with Crippen LogP contribution in [0.2, 0.25) is 5.02 Å². The van der Waals surface area contributed by atoms with Gasteiger partial charge in [0.25, 0.3) is 0 Å².